The number of alkyl halides is 1. The second-order valence-corrected chi connectivity index (χ2v) is 6.63. The van der Waals surface area contributed by atoms with Crippen molar-refractivity contribution in [3.05, 3.63) is 16.4 Å². The summed E-state index contributed by atoms with van der Waals surface area (Å²) in [5.41, 5.74) is 2.12. The maximum atomic E-state index is 6.41. The van der Waals surface area contributed by atoms with Crippen molar-refractivity contribution in [2.75, 3.05) is 6.54 Å². The molecule has 1 aliphatic rings. The van der Waals surface area contributed by atoms with Gasteiger partial charge in [-0.15, -0.1) is 11.6 Å². The number of hydrogen-bond donors (Lipinski definition) is 1. The van der Waals surface area contributed by atoms with Gasteiger partial charge in [0.1, 0.15) is 0 Å². The largest absolute Gasteiger partial charge is 0.311 e. The first-order chi connectivity index (χ1) is 9.65. The van der Waals surface area contributed by atoms with E-state index < -0.39 is 0 Å². The normalized spacial score (nSPS) is 23.2. The lowest BCUT2D eigenvalue weighted by atomic mass is 9.89. The lowest BCUT2D eigenvalue weighted by Gasteiger charge is -2.25. The van der Waals surface area contributed by atoms with E-state index in [-0.39, 0.29) is 0 Å². The highest BCUT2D eigenvalue weighted by molar-refractivity contribution is 6.31. The fourth-order valence-electron chi connectivity index (χ4n) is 2.99. The Morgan fingerprint density at radius 1 is 1.35 bits per heavy atom. The van der Waals surface area contributed by atoms with Crippen molar-refractivity contribution < 1.29 is 0 Å². The van der Waals surface area contributed by atoms with Gasteiger partial charge in [0.25, 0.3) is 0 Å². The number of aryl methyl sites for hydroxylation is 2. The minimum absolute atomic E-state index is 0.368. The summed E-state index contributed by atoms with van der Waals surface area (Å²) in [4.78, 5) is 0. The zero-order valence-electron chi connectivity index (χ0n) is 12.5. The summed E-state index contributed by atoms with van der Waals surface area (Å²) >= 11 is 12.6. The Morgan fingerprint density at radius 3 is 2.80 bits per heavy atom. The van der Waals surface area contributed by atoms with Gasteiger partial charge in [0.2, 0.25) is 0 Å². The molecule has 20 heavy (non-hydrogen) atoms. The van der Waals surface area contributed by atoms with Gasteiger partial charge in [0.05, 0.1) is 16.4 Å². The van der Waals surface area contributed by atoms with Crippen LogP contribution in [0.1, 0.15) is 50.9 Å². The number of nitrogens with one attached hydrogen (secondary N) is 1. The third kappa shape index (κ3) is 3.90. The third-order valence-electron chi connectivity index (χ3n) is 4.14. The minimum atomic E-state index is 0.368. The lowest BCUT2D eigenvalue weighted by molar-refractivity contribution is 0.344. The molecule has 1 aromatic rings. The number of rotatable bonds is 6. The molecule has 2 unspecified atom stereocenters. The van der Waals surface area contributed by atoms with Gasteiger partial charge in [-0.05, 0) is 45.1 Å². The molecule has 1 heterocycles. The fraction of sp³-hybridized carbons (Fsp3) is 0.800. The number of halogens is 2. The van der Waals surface area contributed by atoms with Crippen molar-refractivity contribution in [3.63, 3.8) is 0 Å². The van der Waals surface area contributed by atoms with E-state index in [1.54, 1.807) is 0 Å². The molecule has 0 radical (unpaired) electrons. The van der Waals surface area contributed by atoms with Crippen LogP contribution in [0.4, 0.5) is 0 Å². The van der Waals surface area contributed by atoms with Crippen LogP contribution in [-0.4, -0.2) is 21.7 Å². The van der Waals surface area contributed by atoms with Gasteiger partial charge in [-0.1, -0.05) is 24.9 Å². The van der Waals surface area contributed by atoms with E-state index in [0.717, 1.165) is 48.9 Å². The summed E-state index contributed by atoms with van der Waals surface area (Å²) < 4.78 is 2.01. The summed E-state index contributed by atoms with van der Waals surface area (Å²) in [5, 5.41) is 9.29. The highest BCUT2D eigenvalue weighted by atomic mass is 35.5. The smallest absolute Gasteiger partial charge is 0.0863 e. The van der Waals surface area contributed by atoms with Gasteiger partial charge in [-0.25, -0.2) is 0 Å². The van der Waals surface area contributed by atoms with Crippen molar-refractivity contribution in [2.24, 2.45) is 5.92 Å². The number of hydrogen-bond acceptors (Lipinski definition) is 2. The average molecular weight is 318 g/mol. The predicted octanol–water partition coefficient (Wildman–Crippen LogP) is 4.01. The average Bonchev–Trinajstić information content (AvgIpc) is 2.75. The summed E-state index contributed by atoms with van der Waals surface area (Å²) in [6, 6.07) is 0. The van der Waals surface area contributed by atoms with E-state index in [1.165, 1.54) is 19.3 Å². The molecule has 0 aromatic carbocycles. The third-order valence-corrected chi connectivity index (χ3v) is 4.97. The Bertz CT molecular complexity index is 431. The fourth-order valence-corrected chi connectivity index (χ4v) is 3.73. The minimum Gasteiger partial charge on any atom is -0.311 e. The molecule has 114 valence electrons. The molecule has 2 atom stereocenters. The second kappa shape index (κ2) is 7.67. The van der Waals surface area contributed by atoms with Crippen LogP contribution in [0.3, 0.4) is 0 Å². The standard InChI is InChI=1S/C15H25Cl2N3/c1-3-13-15(17)14(20(4-2)19-13)10-18-9-11-6-5-7-12(16)8-11/h11-12,18H,3-10H2,1-2H3. The van der Waals surface area contributed by atoms with Gasteiger partial charge < -0.3 is 5.32 Å². The van der Waals surface area contributed by atoms with E-state index in [0.29, 0.717) is 11.3 Å². The molecule has 5 heteroatoms. The monoisotopic (exact) mass is 317 g/mol. The van der Waals surface area contributed by atoms with Gasteiger partial charge >= 0.3 is 0 Å². The van der Waals surface area contributed by atoms with Crippen molar-refractivity contribution >= 4 is 23.2 Å². The molecule has 3 nitrogen and oxygen atoms in total. The Balaban J connectivity index is 1.88. The van der Waals surface area contributed by atoms with E-state index in [1.807, 2.05) is 4.68 Å². The number of aromatic nitrogens is 2. The Labute approximate surface area is 132 Å². The molecule has 0 saturated heterocycles. The van der Waals surface area contributed by atoms with Gasteiger partial charge in [-0.2, -0.15) is 5.10 Å². The maximum Gasteiger partial charge on any atom is 0.0863 e. The molecule has 1 N–H and O–H groups in total. The Morgan fingerprint density at radius 2 is 2.15 bits per heavy atom. The first kappa shape index (κ1) is 16.1. The lowest BCUT2D eigenvalue weighted by Crippen LogP contribution is -2.28. The van der Waals surface area contributed by atoms with Crippen LogP contribution >= 0.6 is 23.2 Å². The molecule has 1 aliphatic carbocycles. The Hall–Kier alpha value is -0.250. The summed E-state index contributed by atoms with van der Waals surface area (Å²) in [6.07, 6.45) is 5.74. The molecule has 0 spiro atoms. The molecule has 1 saturated carbocycles. The first-order valence-electron chi connectivity index (χ1n) is 7.74. The van der Waals surface area contributed by atoms with E-state index in [9.17, 15) is 0 Å². The zero-order valence-corrected chi connectivity index (χ0v) is 14.0. The van der Waals surface area contributed by atoms with Crippen molar-refractivity contribution in [1.82, 2.24) is 15.1 Å². The van der Waals surface area contributed by atoms with E-state index in [4.69, 9.17) is 23.2 Å². The highest BCUT2D eigenvalue weighted by Crippen LogP contribution is 2.27. The van der Waals surface area contributed by atoms with Gasteiger partial charge in [0, 0.05) is 18.5 Å². The van der Waals surface area contributed by atoms with Gasteiger partial charge in [0.15, 0.2) is 0 Å². The quantitative estimate of drug-likeness (QED) is 0.803. The zero-order chi connectivity index (χ0) is 14.5. The molecule has 1 aromatic heterocycles. The molecular weight excluding hydrogens is 293 g/mol. The van der Waals surface area contributed by atoms with E-state index >= 15 is 0 Å². The van der Waals surface area contributed by atoms with Crippen LogP contribution in [0.5, 0.6) is 0 Å². The summed E-state index contributed by atoms with van der Waals surface area (Å²) in [6.45, 7) is 6.88. The van der Waals surface area contributed by atoms with Crippen LogP contribution in [-0.2, 0) is 19.5 Å². The van der Waals surface area contributed by atoms with Gasteiger partial charge in [-0.3, -0.25) is 4.68 Å². The van der Waals surface area contributed by atoms with Crippen molar-refractivity contribution in [2.45, 2.75) is 64.4 Å². The first-order valence-corrected chi connectivity index (χ1v) is 8.55. The van der Waals surface area contributed by atoms with Crippen LogP contribution in [0.15, 0.2) is 0 Å². The van der Waals surface area contributed by atoms with Crippen molar-refractivity contribution in [3.8, 4) is 0 Å². The molecule has 0 bridgehead atoms. The topological polar surface area (TPSA) is 29.9 Å². The van der Waals surface area contributed by atoms with Crippen LogP contribution in [0, 0.1) is 5.92 Å². The van der Waals surface area contributed by atoms with Crippen LogP contribution in [0.25, 0.3) is 0 Å². The molecular formula is C15H25Cl2N3. The SMILES string of the molecule is CCc1nn(CC)c(CNCC2CCCC(Cl)C2)c1Cl. The molecule has 0 amide bonds. The summed E-state index contributed by atoms with van der Waals surface area (Å²) in [7, 11) is 0. The summed E-state index contributed by atoms with van der Waals surface area (Å²) in [5.74, 6) is 0.702. The highest BCUT2D eigenvalue weighted by Gasteiger charge is 2.20. The van der Waals surface area contributed by atoms with Crippen LogP contribution < -0.4 is 5.32 Å². The molecule has 1 fully saturated rings. The van der Waals surface area contributed by atoms with Crippen molar-refractivity contribution in [1.29, 1.82) is 0 Å². The molecule has 2 rings (SSSR count). The van der Waals surface area contributed by atoms with Crippen LogP contribution in [0.2, 0.25) is 5.02 Å². The number of nitrogens with zero attached hydrogens (tertiary/aromatic N) is 2. The van der Waals surface area contributed by atoms with E-state index in [2.05, 4.69) is 24.3 Å². The maximum absolute atomic E-state index is 6.41. The Kier molecular flexibility index (Phi) is 6.19. The second-order valence-electron chi connectivity index (χ2n) is 5.64. The molecule has 0 aliphatic heterocycles. The predicted molar refractivity (Wildman–Crippen MR) is 85.6 cm³/mol.